The quantitative estimate of drug-likeness (QED) is 0.898. The first kappa shape index (κ1) is 14.4. The zero-order valence-corrected chi connectivity index (χ0v) is 11.9. The molecule has 100 valence electrons. The van der Waals surface area contributed by atoms with Crippen molar-refractivity contribution in [2.45, 2.75) is 33.2 Å². The molecule has 1 aromatic carbocycles. The Labute approximate surface area is 108 Å². The van der Waals surface area contributed by atoms with Crippen molar-refractivity contribution in [2.24, 2.45) is 0 Å². The summed E-state index contributed by atoms with van der Waals surface area (Å²) in [6, 6.07) is 3.51. The first-order valence-electron chi connectivity index (χ1n) is 5.83. The van der Waals surface area contributed by atoms with Crippen molar-refractivity contribution in [1.29, 1.82) is 0 Å². The molecule has 0 unspecified atom stereocenters. The van der Waals surface area contributed by atoms with Gasteiger partial charge in [0.05, 0.1) is 14.2 Å². The van der Waals surface area contributed by atoms with Crippen molar-refractivity contribution >= 4 is 5.91 Å². The Morgan fingerprint density at radius 3 is 2.06 bits per heavy atom. The van der Waals surface area contributed by atoms with Gasteiger partial charge in [-0.1, -0.05) is 0 Å². The normalized spacial score (nSPS) is 11.0. The Bertz CT molecular complexity index is 447. The monoisotopic (exact) mass is 251 g/mol. The van der Waals surface area contributed by atoms with E-state index in [2.05, 4.69) is 5.32 Å². The summed E-state index contributed by atoms with van der Waals surface area (Å²) in [5.74, 6) is 1.07. The smallest absolute Gasteiger partial charge is 0.252 e. The molecule has 4 nitrogen and oxygen atoms in total. The van der Waals surface area contributed by atoms with Crippen molar-refractivity contribution in [2.75, 3.05) is 14.2 Å². The molecule has 4 heteroatoms. The van der Waals surface area contributed by atoms with E-state index in [4.69, 9.17) is 9.47 Å². The summed E-state index contributed by atoms with van der Waals surface area (Å²) < 4.78 is 10.4. The van der Waals surface area contributed by atoms with Gasteiger partial charge in [-0.05, 0) is 45.4 Å². The molecule has 0 aliphatic heterocycles. The molecule has 1 amide bonds. The minimum Gasteiger partial charge on any atom is -0.493 e. The van der Waals surface area contributed by atoms with Gasteiger partial charge >= 0.3 is 0 Å². The van der Waals surface area contributed by atoms with E-state index >= 15 is 0 Å². The molecule has 0 spiro atoms. The third kappa shape index (κ3) is 3.39. The predicted octanol–water partition coefficient (Wildman–Crippen LogP) is 2.54. The van der Waals surface area contributed by atoms with Crippen LogP contribution in [0.15, 0.2) is 12.1 Å². The Kier molecular flexibility index (Phi) is 4.22. The average molecular weight is 251 g/mol. The van der Waals surface area contributed by atoms with E-state index in [9.17, 15) is 4.79 Å². The standard InChI is InChI=1S/C14H21NO3/c1-9-7-11(17-5)12(18-6)8-10(9)13(16)15-14(2,3)4/h7-8H,1-6H3,(H,15,16). The van der Waals surface area contributed by atoms with E-state index in [0.29, 0.717) is 17.1 Å². The summed E-state index contributed by atoms with van der Waals surface area (Å²) in [6.45, 7) is 7.71. The van der Waals surface area contributed by atoms with Crippen LogP contribution >= 0.6 is 0 Å². The van der Waals surface area contributed by atoms with Crippen LogP contribution in [0.1, 0.15) is 36.7 Å². The Balaban J connectivity index is 3.13. The number of carbonyl (C=O) groups is 1. The van der Waals surface area contributed by atoms with Crippen LogP contribution in [0.5, 0.6) is 11.5 Å². The van der Waals surface area contributed by atoms with E-state index in [1.807, 2.05) is 27.7 Å². The van der Waals surface area contributed by atoms with Gasteiger partial charge in [0, 0.05) is 11.1 Å². The number of hydrogen-bond donors (Lipinski definition) is 1. The molecule has 0 bridgehead atoms. The van der Waals surface area contributed by atoms with E-state index in [1.54, 1.807) is 26.4 Å². The number of methoxy groups -OCH3 is 2. The number of ether oxygens (including phenoxy) is 2. The summed E-state index contributed by atoms with van der Waals surface area (Å²) in [7, 11) is 3.13. The molecule has 1 aromatic rings. The zero-order chi connectivity index (χ0) is 13.9. The average Bonchev–Trinajstić information content (AvgIpc) is 2.26. The molecule has 0 aliphatic rings. The van der Waals surface area contributed by atoms with Crippen molar-refractivity contribution < 1.29 is 14.3 Å². The van der Waals surface area contributed by atoms with Gasteiger partial charge in [-0.2, -0.15) is 0 Å². The van der Waals surface area contributed by atoms with Crippen LogP contribution < -0.4 is 14.8 Å². The number of rotatable bonds is 3. The highest BCUT2D eigenvalue weighted by Crippen LogP contribution is 2.30. The molecule has 0 atom stereocenters. The van der Waals surface area contributed by atoms with Gasteiger partial charge in [-0.15, -0.1) is 0 Å². The summed E-state index contributed by atoms with van der Waals surface area (Å²) in [4.78, 5) is 12.1. The van der Waals surface area contributed by atoms with Crippen LogP contribution in [0.25, 0.3) is 0 Å². The summed E-state index contributed by atoms with van der Waals surface area (Å²) in [6.07, 6.45) is 0. The highest BCUT2D eigenvalue weighted by atomic mass is 16.5. The topological polar surface area (TPSA) is 47.6 Å². The van der Waals surface area contributed by atoms with Gasteiger partial charge in [0.15, 0.2) is 11.5 Å². The van der Waals surface area contributed by atoms with Crippen molar-refractivity contribution in [3.63, 3.8) is 0 Å². The van der Waals surface area contributed by atoms with Gasteiger partial charge in [0.2, 0.25) is 0 Å². The van der Waals surface area contributed by atoms with Gasteiger partial charge in [-0.3, -0.25) is 4.79 Å². The van der Waals surface area contributed by atoms with Crippen molar-refractivity contribution in [3.8, 4) is 11.5 Å². The number of hydrogen-bond acceptors (Lipinski definition) is 3. The van der Waals surface area contributed by atoms with Crippen LogP contribution in [0.2, 0.25) is 0 Å². The lowest BCUT2D eigenvalue weighted by molar-refractivity contribution is 0.0918. The fourth-order valence-electron chi connectivity index (χ4n) is 1.63. The number of aryl methyl sites for hydroxylation is 1. The highest BCUT2D eigenvalue weighted by molar-refractivity contribution is 5.96. The van der Waals surface area contributed by atoms with E-state index in [1.165, 1.54) is 0 Å². The first-order valence-corrected chi connectivity index (χ1v) is 5.83. The maximum Gasteiger partial charge on any atom is 0.252 e. The summed E-state index contributed by atoms with van der Waals surface area (Å²) >= 11 is 0. The van der Waals surface area contributed by atoms with Gasteiger partial charge in [-0.25, -0.2) is 0 Å². The maximum atomic E-state index is 12.1. The lowest BCUT2D eigenvalue weighted by Crippen LogP contribution is -2.40. The second kappa shape index (κ2) is 5.29. The Morgan fingerprint density at radius 1 is 1.11 bits per heavy atom. The number of benzene rings is 1. The van der Waals surface area contributed by atoms with E-state index in [-0.39, 0.29) is 11.4 Å². The third-order valence-corrected chi connectivity index (χ3v) is 2.46. The third-order valence-electron chi connectivity index (χ3n) is 2.46. The molecule has 1 N–H and O–H groups in total. The van der Waals surface area contributed by atoms with Crippen molar-refractivity contribution in [3.05, 3.63) is 23.3 Å². The van der Waals surface area contributed by atoms with Crippen LogP contribution in [-0.2, 0) is 0 Å². The second-order valence-electron chi connectivity index (χ2n) is 5.23. The van der Waals surface area contributed by atoms with Gasteiger partial charge in [0.25, 0.3) is 5.91 Å². The highest BCUT2D eigenvalue weighted by Gasteiger charge is 2.19. The predicted molar refractivity (Wildman–Crippen MR) is 71.5 cm³/mol. The molecule has 0 heterocycles. The Hall–Kier alpha value is -1.71. The minimum atomic E-state index is -0.267. The largest absolute Gasteiger partial charge is 0.493 e. The van der Waals surface area contributed by atoms with Crippen LogP contribution in [0.3, 0.4) is 0 Å². The van der Waals surface area contributed by atoms with Crippen LogP contribution in [0, 0.1) is 6.92 Å². The molecule has 0 aliphatic carbocycles. The number of amides is 1. The minimum absolute atomic E-state index is 0.110. The fourth-order valence-corrected chi connectivity index (χ4v) is 1.63. The van der Waals surface area contributed by atoms with E-state index in [0.717, 1.165) is 5.56 Å². The molecule has 0 fully saturated rings. The molecule has 0 saturated heterocycles. The lowest BCUT2D eigenvalue weighted by Gasteiger charge is -2.21. The van der Waals surface area contributed by atoms with Gasteiger partial charge in [0.1, 0.15) is 0 Å². The van der Waals surface area contributed by atoms with Crippen LogP contribution in [-0.4, -0.2) is 25.7 Å². The number of carbonyl (C=O) groups excluding carboxylic acids is 1. The van der Waals surface area contributed by atoms with E-state index < -0.39 is 0 Å². The fraction of sp³-hybridized carbons (Fsp3) is 0.500. The first-order chi connectivity index (χ1) is 8.28. The maximum absolute atomic E-state index is 12.1. The zero-order valence-electron chi connectivity index (χ0n) is 11.9. The SMILES string of the molecule is COc1cc(C)c(C(=O)NC(C)(C)C)cc1OC. The molecule has 0 radical (unpaired) electrons. The van der Waals surface area contributed by atoms with Crippen molar-refractivity contribution in [1.82, 2.24) is 5.32 Å². The summed E-state index contributed by atoms with van der Waals surface area (Å²) in [5, 5.41) is 2.93. The molecule has 18 heavy (non-hydrogen) atoms. The second-order valence-corrected chi connectivity index (χ2v) is 5.23. The Morgan fingerprint density at radius 2 is 1.61 bits per heavy atom. The molecular formula is C14H21NO3. The number of nitrogens with one attached hydrogen (secondary N) is 1. The summed E-state index contributed by atoms with van der Waals surface area (Å²) in [5.41, 5.74) is 1.19. The molecule has 0 aromatic heterocycles. The van der Waals surface area contributed by atoms with Gasteiger partial charge < -0.3 is 14.8 Å². The molecular weight excluding hydrogens is 230 g/mol. The van der Waals surface area contributed by atoms with Crippen LogP contribution in [0.4, 0.5) is 0 Å². The molecule has 0 saturated carbocycles. The molecule has 1 rings (SSSR count). The lowest BCUT2D eigenvalue weighted by atomic mass is 10.0.